The highest BCUT2D eigenvalue weighted by atomic mass is 35.5. The Bertz CT molecular complexity index is 5620. The van der Waals surface area contributed by atoms with Crippen molar-refractivity contribution in [3.8, 4) is 0 Å². The fourth-order valence-electron chi connectivity index (χ4n) is 18.0. The number of amidine groups is 2. The molecule has 754 valence electrons. The van der Waals surface area contributed by atoms with Crippen molar-refractivity contribution >= 4 is 131 Å². The summed E-state index contributed by atoms with van der Waals surface area (Å²) in [6, 6.07) is 22.9. The van der Waals surface area contributed by atoms with Crippen molar-refractivity contribution in [3.63, 3.8) is 0 Å². The second-order valence-electron chi connectivity index (χ2n) is 34.6. The van der Waals surface area contributed by atoms with E-state index in [1.807, 2.05) is 0 Å². The molecule has 0 spiro atoms. The second-order valence-corrected chi connectivity index (χ2v) is 39.6. The molecule has 6 aromatic carbocycles. The van der Waals surface area contributed by atoms with Gasteiger partial charge in [0.05, 0.1) is 58.9 Å². The molecule has 138 heavy (non-hydrogen) atoms. The molecule has 18 nitrogen and oxygen atoms in total. The number of carbonyl (C=O) groups is 3. The molecule has 0 radical (unpaired) electrons. The molecule has 0 saturated heterocycles. The van der Waals surface area contributed by atoms with Crippen molar-refractivity contribution in [2.75, 3.05) is 43.0 Å². The van der Waals surface area contributed by atoms with E-state index in [1.165, 1.54) is 66.5 Å². The summed E-state index contributed by atoms with van der Waals surface area (Å²) in [7, 11) is -5.74. The Kier molecular flexibility index (Phi) is 43.8. The van der Waals surface area contributed by atoms with Gasteiger partial charge in [-0.2, -0.15) is 21.6 Å². The highest BCUT2D eigenvalue weighted by Gasteiger charge is 2.51. The van der Waals surface area contributed by atoms with Crippen LogP contribution in [0.5, 0.6) is 0 Å². The summed E-state index contributed by atoms with van der Waals surface area (Å²) < 4.78 is 242. The lowest BCUT2D eigenvalue weighted by Gasteiger charge is -2.44. The minimum atomic E-state index is -5.74. The predicted octanol–water partition coefficient (Wildman–Crippen LogP) is 26.8. The SMILES string of the molecule is CC(C)(C)OC(=O)CC1=N[C@@]2(c3cc([N+](=O)[O-])cc(F)c3F)CCCC[C@H]2CS1.CCOC(=O)C1=C(OS(=O)(=O)C(F)(F)F)CCCC1.CCOC(=O)C1=C(c2cccc(F)c2F)CCCC1.Cl.Fc1cccc(C2=C(CCl)CCCC2)c1F.N=C(N)SCC1=C(c2cccc(F)c2F)CCCC1.NC1=N[C@@]2(c3cccc(F)c3F)CCCC[C@H]2CS1.OCC1=C(c2cccc(F)c2F)CCCC1. The number of hydrogen-bond acceptors (Lipinski definition) is 19. The summed E-state index contributed by atoms with van der Waals surface area (Å²) in [5.41, 5.74) is 10.8. The van der Waals surface area contributed by atoms with Gasteiger partial charge in [0.2, 0.25) is 0 Å². The Morgan fingerprint density at radius 2 is 0.949 bits per heavy atom. The van der Waals surface area contributed by atoms with Crippen molar-refractivity contribution in [1.29, 1.82) is 5.41 Å². The fraction of sp³-hybridized carbons (Fsp3) is 0.475. The topological polar surface area (TPSA) is 286 Å². The third kappa shape index (κ3) is 30.2. The van der Waals surface area contributed by atoms with Crippen molar-refractivity contribution in [2.24, 2.45) is 33.3 Å². The Morgan fingerprint density at radius 1 is 0.543 bits per heavy atom. The number of hydrogen-bond donors (Lipinski definition) is 4. The Morgan fingerprint density at radius 3 is 1.42 bits per heavy atom. The van der Waals surface area contributed by atoms with Crippen LogP contribution in [0.3, 0.4) is 0 Å². The van der Waals surface area contributed by atoms with Crippen LogP contribution in [0.4, 0.5) is 71.5 Å². The third-order valence-electron chi connectivity index (χ3n) is 24.4. The monoisotopic (exact) mass is 2060 g/mol. The number of rotatable bonds is 19. The van der Waals surface area contributed by atoms with Crippen molar-refractivity contribution in [2.45, 2.75) is 243 Å². The summed E-state index contributed by atoms with van der Waals surface area (Å²) in [6.45, 7) is 8.81. The molecule has 0 unspecified atom stereocenters. The standard InChI is InChI=1S/C20H24F2N2O4S.C15H16F2O2.2C14H16F2N2S.C13H13ClF2.C13H14F2O.C10H13F3O5S.ClH/c1-19(2,3)28-17(25)10-16-23-20(7-5-4-6-12(20)11-29-16)14-8-13(24(26)27)9-15(21)18(14)22;1-2-19-15(18)12-7-4-3-6-10(12)11-8-5-9-13(16)14(11)17;15-11-6-3-5-10(12(11)16)14-7-2-1-4-9(14)8-19-13(17)18-14;15-12-7-3-6-11(13(12)16)10-5-2-1-4-9(10)8-19-14(17)18;14-8-9-4-1-2-5-10(9)11-6-3-7-12(15)13(11)16;14-12-7-3-6-11(13(12)15)10-5-2-1-4-9(10)8-16;1-2-17-9(14)7-5-3-4-6-8(7)18-19(15,16)10(11,12)13;/h8-9,12H,4-7,10-11H2,1-3H3;5,8-9H,2-4,6-7H2,1H3;3,5-6,9H,1-2,4,7-8H2,(H2,17,18);3,6-7H,1-2,4-5,8H2,(H3,17,18);3,6-7H,1-2,4-5,8H2;3,6-7,16H,1-2,4-5,8H2;2-6H2,1H3;1H/t12-,20-;;9-,14-;;;;;/m0.0...../s1. The van der Waals surface area contributed by atoms with E-state index in [1.54, 1.807) is 64.1 Å². The zero-order chi connectivity index (χ0) is 100. The van der Waals surface area contributed by atoms with E-state index in [9.17, 15) is 104 Å². The summed E-state index contributed by atoms with van der Waals surface area (Å²) >= 11 is 10.0. The number of alkyl halides is 4. The van der Waals surface area contributed by atoms with Crippen LogP contribution in [0.25, 0.3) is 22.3 Å². The zero-order valence-corrected chi connectivity index (χ0v) is 81.8. The molecule has 39 heteroatoms. The molecular weight excluding hydrogens is 1950 g/mol. The maximum absolute atomic E-state index is 14.8. The number of benzene rings is 6. The van der Waals surface area contributed by atoms with Crippen LogP contribution in [-0.4, -0.2) is 106 Å². The predicted molar refractivity (Wildman–Crippen MR) is 512 cm³/mol. The van der Waals surface area contributed by atoms with E-state index in [0.29, 0.717) is 99.2 Å². The van der Waals surface area contributed by atoms with E-state index < -0.39 is 136 Å². The molecule has 0 amide bonds. The van der Waals surface area contributed by atoms with Crippen LogP contribution in [0, 0.1) is 97.2 Å². The van der Waals surface area contributed by atoms with Gasteiger partial charge in [-0.25, -0.2) is 62.3 Å². The third-order valence-corrected chi connectivity index (χ3v) is 28.7. The Balaban J connectivity index is 0.000000199. The maximum atomic E-state index is 14.8. The minimum absolute atomic E-state index is 0. The van der Waals surface area contributed by atoms with Crippen LogP contribution in [-0.2, 0) is 54.0 Å². The second kappa shape index (κ2) is 53.0. The molecule has 0 aromatic heterocycles. The number of aliphatic hydroxyl groups is 1. The number of halogens is 17. The molecule has 0 bridgehead atoms. The number of nitrogens with zero attached hydrogens (tertiary/aromatic N) is 3. The summed E-state index contributed by atoms with van der Waals surface area (Å²) in [5, 5.41) is 28.7. The number of nitro groups is 1. The average molecular weight is 2060 g/mol. The molecule has 6 N–H and O–H groups in total. The molecule has 4 atom stereocenters. The number of thioether (sulfide) groups is 3. The number of carbonyl (C=O) groups excluding carboxylic acids is 3. The van der Waals surface area contributed by atoms with E-state index in [2.05, 4.69) is 13.9 Å². The number of allylic oxidation sites excluding steroid dienone is 6. The molecule has 2 fully saturated rings. The van der Waals surface area contributed by atoms with Gasteiger partial charge in [0.15, 0.2) is 80.1 Å². The number of fused-ring (bicyclic) bond motifs is 2. The Labute approximate surface area is 817 Å². The van der Waals surface area contributed by atoms with Crippen molar-refractivity contribution in [1.82, 2.24) is 0 Å². The molecule has 6 aromatic rings. The van der Waals surface area contributed by atoms with Gasteiger partial charge in [0, 0.05) is 74.6 Å². The van der Waals surface area contributed by atoms with Crippen LogP contribution in [0.15, 0.2) is 147 Å². The molecule has 2 saturated carbocycles. The summed E-state index contributed by atoms with van der Waals surface area (Å²) in [4.78, 5) is 55.4. The fourth-order valence-corrected chi connectivity index (χ4v) is 21.8. The van der Waals surface area contributed by atoms with Gasteiger partial charge in [-0.05, 0) is 252 Å². The summed E-state index contributed by atoms with van der Waals surface area (Å²) in [6.07, 6.45) is 21.6. The van der Waals surface area contributed by atoms with Crippen LogP contribution in [0.2, 0.25) is 0 Å². The van der Waals surface area contributed by atoms with E-state index in [0.717, 1.165) is 210 Å². The smallest absolute Gasteiger partial charge is 0.463 e. The van der Waals surface area contributed by atoms with Gasteiger partial charge in [-0.3, -0.25) is 30.3 Å². The highest BCUT2D eigenvalue weighted by molar-refractivity contribution is 8.14. The number of non-ortho nitro benzene ring substituents is 1. The highest BCUT2D eigenvalue weighted by Crippen LogP contribution is 2.53. The zero-order valence-electron chi connectivity index (χ0n) is 76.9. The lowest BCUT2D eigenvalue weighted by atomic mass is 9.69. The van der Waals surface area contributed by atoms with Gasteiger partial charge >= 0.3 is 33.5 Å². The first-order chi connectivity index (χ1) is 65.0. The number of ether oxygens (including phenoxy) is 3. The first-order valence-electron chi connectivity index (χ1n) is 45.4. The number of nitro benzene ring substituents is 1. The molecule has 15 rings (SSSR count). The lowest BCUT2D eigenvalue weighted by Crippen LogP contribution is -2.43. The molecular formula is C99H113Cl2F15N6O12S4. The van der Waals surface area contributed by atoms with Crippen LogP contribution >= 0.6 is 59.3 Å². The van der Waals surface area contributed by atoms with Gasteiger partial charge in [0.25, 0.3) is 5.69 Å². The average Bonchev–Trinajstić information content (AvgIpc) is 0.739. The van der Waals surface area contributed by atoms with E-state index >= 15 is 0 Å². The molecule has 2 aliphatic heterocycles. The first kappa shape index (κ1) is 114. The van der Waals surface area contributed by atoms with Gasteiger partial charge in [-0.15, -0.1) is 35.8 Å². The largest absolute Gasteiger partial charge is 0.534 e. The molecule has 9 aliphatic rings. The molecule has 7 aliphatic carbocycles. The van der Waals surface area contributed by atoms with E-state index in [-0.39, 0.29) is 85.2 Å². The minimum Gasteiger partial charge on any atom is -0.463 e. The van der Waals surface area contributed by atoms with Gasteiger partial charge in [-0.1, -0.05) is 121 Å². The lowest BCUT2D eigenvalue weighted by molar-refractivity contribution is -0.385. The number of esters is 3. The van der Waals surface area contributed by atoms with Crippen molar-refractivity contribution < 1.29 is 117 Å². The summed E-state index contributed by atoms with van der Waals surface area (Å²) in [5.74, 6) is -10.0. The van der Waals surface area contributed by atoms with Crippen LogP contribution in [0.1, 0.15) is 254 Å². The number of aliphatic imine (C=N–C) groups is 2. The number of nitrogens with two attached hydrogens (primary N) is 2. The quantitative estimate of drug-likeness (QED) is 0.00560. The normalized spacial score (nSPS) is 19.9. The molecule has 2 heterocycles. The maximum Gasteiger partial charge on any atom is 0.534 e. The first-order valence-corrected chi connectivity index (χ1v) is 50.3. The number of nitrogens with one attached hydrogen (secondary N) is 1. The Hall–Kier alpha value is -9.27. The van der Waals surface area contributed by atoms with Crippen molar-refractivity contribution in [3.05, 3.63) is 250 Å². The van der Waals surface area contributed by atoms with Crippen LogP contribution < -0.4 is 11.5 Å². The van der Waals surface area contributed by atoms with Gasteiger partial charge in [0.1, 0.15) is 11.4 Å². The number of aliphatic hydroxyl groups excluding tert-OH is 1. The van der Waals surface area contributed by atoms with E-state index in [4.69, 9.17) is 42.9 Å². The van der Waals surface area contributed by atoms with Gasteiger partial charge < -0.3 is 35.0 Å².